The zero-order valence-corrected chi connectivity index (χ0v) is 13.1. The Morgan fingerprint density at radius 2 is 1.48 bits per heavy atom. The lowest BCUT2D eigenvalue weighted by atomic mass is 10.1. The van der Waals surface area contributed by atoms with Crippen molar-refractivity contribution in [2.45, 2.75) is 19.1 Å². The lowest BCUT2D eigenvalue weighted by Gasteiger charge is -2.15. The van der Waals surface area contributed by atoms with Crippen LogP contribution in [0.1, 0.15) is 6.92 Å². The minimum Gasteiger partial charge on any atom is -0.493 e. The van der Waals surface area contributed by atoms with E-state index in [1.54, 1.807) is 0 Å². The minimum absolute atomic E-state index is 0.215. The van der Waals surface area contributed by atoms with Crippen molar-refractivity contribution in [3.63, 3.8) is 0 Å². The monoisotopic (exact) mass is 316 g/mol. The predicted octanol–water partition coefficient (Wildman–Crippen LogP) is 2.79. The standard InChI is InChI=1S/C18H20O5/c1-2-19-16-5-3-4-14-15(22-10-12-8-20-12)6-7-17(18(14)16)23-11-13-9-21-13/h3-7,12-13H,2,8-11H2,1H3. The van der Waals surface area contributed by atoms with Crippen LogP contribution in [-0.4, -0.2) is 45.2 Å². The fourth-order valence-corrected chi connectivity index (χ4v) is 2.53. The van der Waals surface area contributed by atoms with E-state index in [-0.39, 0.29) is 12.2 Å². The molecule has 2 fully saturated rings. The average molecular weight is 316 g/mol. The third-order valence-electron chi connectivity index (χ3n) is 3.88. The molecule has 2 aliphatic heterocycles. The van der Waals surface area contributed by atoms with E-state index < -0.39 is 0 Å². The molecule has 0 amide bonds. The molecule has 2 saturated heterocycles. The maximum atomic E-state index is 5.94. The third kappa shape index (κ3) is 3.35. The minimum atomic E-state index is 0.215. The molecular formula is C18H20O5. The zero-order valence-electron chi connectivity index (χ0n) is 13.1. The summed E-state index contributed by atoms with van der Waals surface area (Å²) in [5.41, 5.74) is 0. The van der Waals surface area contributed by atoms with Crippen molar-refractivity contribution in [1.29, 1.82) is 0 Å². The summed E-state index contributed by atoms with van der Waals surface area (Å²) in [6.07, 6.45) is 0.440. The van der Waals surface area contributed by atoms with Gasteiger partial charge in [-0.2, -0.15) is 0 Å². The summed E-state index contributed by atoms with van der Waals surface area (Å²) in [6, 6.07) is 9.85. The van der Waals surface area contributed by atoms with Crippen LogP contribution < -0.4 is 14.2 Å². The summed E-state index contributed by atoms with van der Waals surface area (Å²) < 4.78 is 28.1. The number of fused-ring (bicyclic) bond motifs is 1. The number of benzene rings is 2. The van der Waals surface area contributed by atoms with Crippen LogP contribution in [0, 0.1) is 0 Å². The number of epoxide rings is 2. The Balaban J connectivity index is 1.69. The van der Waals surface area contributed by atoms with Gasteiger partial charge in [0, 0.05) is 5.39 Å². The van der Waals surface area contributed by atoms with Gasteiger partial charge in [-0.3, -0.25) is 0 Å². The summed E-state index contributed by atoms with van der Waals surface area (Å²) in [7, 11) is 0. The molecule has 122 valence electrons. The fraction of sp³-hybridized carbons (Fsp3) is 0.444. The largest absolute Gasteiger partial charge is 0.493 e. The van der Waals surface area contributed by atoms with Crippen LogP contribution in [0.5, 0.6) is 17.2 Å². The van der Waals surface area contributed by atoms with E-state index >= 15 is 0 Å². The summed E-state index contributed by atoms with van der Waals surface area (Å²) >= 11 is 0. The molecule has 0 spiro atoms. The smallest absolute Gasteiger partial charge is 0.131 e. The van der Waals surface area contributed by atoms with Crippen LogP contribution in [0.15, 0.2) is 30.3 Å². The van der Waals surface area contributed by atoms with Gasteiger partial charge in [0.05, 0.1) is 25.2 Å². The lowest BCUT2D eigenvalue weighted by molar-refractivity contribution is 0.260. The van der Waals surface area contributed by atoms with Crippen molar-refractivity contribution in [2.75, 3.05) is 33.0 Å². The van der Waals surface area contributed by atoms with Gasteiger partial charge in [0.15, 0.2) is 0 Å². The van der Waals surface area contributed by atoms with Crippen molar-refractivity contribution < 1.29 is 23.7 Å². The maximum Gasteiger partial charge on any atom is 0.131 e. The highest BCUT2D eigenvalue weighted by atomic mass is 16.6. The molecule has 2 aliphatic rings. The lowest BCUT2D eigenvalue weighted by Crippen LogP contribution is -2.07. The van der Waals surface area contributed by atoms with Gasteiger partial charge in [0.1, 0.15) is 42.7 Å². The first-order valence-electron chi connectivity index (χ1n) is 8.02. The van der Waals surface area contributed by atoms with Gasteiger partial charge < -0.3 is 23.7 Å². The van der Waals surface area contributed by atoms with E-state index in [0.29, 0.717) is 19.8 Å². The van der Waals surface area contributed by atoms with Gasteiger partial charge in [0.25, 0.3) is 0 Å². The van der Waals surface area contributed by atoms with Gasteiger partial charge in [0.2, 0.25) is 0 Å². The fourth-order valence-electron chi connectivity index (χ4n) is 2.53. The van der Waals surface area contributed by atoms with Crippen LogP contribution >= 0.6 is 0 Å². The molecule has 0 bridgehead atoms. The topological polar surface area (TPSA) is 52.8 Å². The molecule has 5 nitrogen and oxygen atoms in total. The first kappa shape index (κ1) is 14.6. The number of hydrogen-bond acceptors (Lipinski definition) is 5. The predicted molar refractivity (Wildman–Crippen MR) is 85.6 cm³/mol. The van der Waals surface area contributed by atoms with E-state index in [1.807, 2.05) is 37.3 Å². The molecule has 2 atom stereocenters. The molecule has 2 aromatic carbocycles. The summed E-state index contributed by atoms with van der Waals surface area (Å²) in [5, 5.41) is 1.94. The van der Waals surface area contributed by atoms with E-state index in [0.717, 1.165) is 41.2 Å². The molecule has 0 N–H and O–H groups in total. The van der Waals surface area contributed by atoms with Gasteiger partial charge in [-0.15, -0.1) is 0 Å². The Kier molecular flexibility index (Phi) is 3.97. The Morgan fingerprint density at radius 3 is 2.13 bits per heavy atom. The summed E-state index contributed by atoms with van der Waals surface area (Å²) in [6.45, 7) is 5.27. The van der Waals surface area contributed by atoms with Crippen molar-refractivity contribution in [2.24, 2.45) is 0 Å². The van der Waals surface area contributed by atoms with E-state index in [2.05, 4.69) is 0 Å². The molecule has 0 aromatic heterocycles. The van der Waals surface area contributed by atoms with Crippen LogP contribution in [0.4, 0.5) is 0 Å². The van der Waals surface area contributed by atoms with Gasteiger partial charge in [-0.25, -0.2) is 0 Å². The summed E-state index contributed by atoms with van der Waals surface area (Å²) in [5.74, 6) is 2.44. The highest BCUT2D eigenvalue weighted by Crippen LogP contribution is 2.39. The molecule has 0 radical (unpaired) electrons. The zero-order chi connectivity index (χ0) is 15.6. The molecule has 5 heteroatoms. The molecule has 2 aromatic rings. The Labute approximate surface area is 135 Å². The molecule has 2 unspecified atom stereocenters. The molecular weight excluding hydrogens is 296 g/mol. The van der Waals surface area contributed by atoms with E-state index in [4.69, 9.17) is 23.7 Å². The van der Waals surface area contributed by atoms with Gasteiger partial charge in [-0.1, -0.05) is 12.1 Å². The SMILES string of the molecule is CCOc1cccc2c(OCC3CO3)ccc(OCC3CO3)c12. The maximum absolute atomic E-state index is 5.94. The number of hydrogen-bond donors (Lipinski definition) is 0. The molecule has 2 heterocycles. The second-order valence-corrected chi connectivity index (χ2v) is 5.71. The van der Waals surface area contributed by atoms with Crippen LogP contribution in [0.3, 0.4) is 0 Å². The van der Waals surface area contributed by atoms with Crippen LogP contribution in [-0.2, 0) is 9.47 Å². The quantitative estimate of drug-likeness (QED) is 0.701. The van der Waals surface area contributed by atoms with Crippen molar-refractivity contribution in [3.8, 4) is 17.2 Å². The normalized spacial score (nSPS) is 22.0. The molecule has 4 rings (SSSR count). The van der Waals surface area contributed by atoms with Crippen molar-refractivity contribution in [1.82, 2.24) is 0 Å². The molecule has 0 aliphatic carbocycles. The van der Waals surface area contributed by atoms with Crippen molar-refractivity contribution >= 4 is 10.8 Å². The van der Waals surface area contributed by atoms with Gasteiger partial charge >= 0.3 is 0 Å². The highest BCUT2D eigenvalue weighted by Gasteiger charge is 2.25. The second-order valence-electron chi connectivity index (χ2n) is 5.71. The highest BCUT2D eigenvalue weighted by molar-refractivity contribution is 5.98. The number of rotatable bonds is 8. The van der Waals surface area contributed by atoms with Crippen LogP contribution in [0.25, 0.3) is 10.8 Å². The molecule has 23 heavy (non-hydrogen) atoms. The van der Waals surface area contributed by atoms with Gasteiger partial charge in [-0.05, 0) is 25.1 Å². The van der Waals surface area contributed by atoms with E-state index in [1.165, 1.54) is 0 Å². The first-order valence-corrected chi connectivity index (χ1v) is 8.02. The third-order valence-corrected chi connectivity index (χ3v) is 3.88. The van der Waals surface area contributed by atoms with E-state index in [9.17, 15) is 0 Å². The average Bonchev–Trinajstić information content (AvgIpc) is 3.46. The van der Waals surface area contributed by atoms with Crippen LogP contribution in [0.2, 0.25) is 0 Å². The first-order chi connectivity index (χ1) is 11.3. The number of ether oxygens (including phenoxy) is 5. The van der Waals surface area contributed by atoms with Crippen molar-refractivity contribution in [3.05, 3.63) is 30.3 Å². The molecule has 0 saturated carbocycles. The Morgan fingerprint density at radius 1 is 0.870 bits per heavy atom. The Hall–Kier alpha value is -1.98. The second kappa shape index (κ2) is 6.26. The summed E-state index contributed by atoms with van der Waals surface area (Å²) in [4.78, 5) is 0. The Bertz CT molecular complexity index is 691.